The zero-order valence-electron chi connectivity index (χ0n) is 15.5. The molecule has 28 heavy (non-hydrogen) atoms. The summed E-state index contributed by atoms with van der Waals surface area (Å²) in [5.41, 5.74) is 3.22. The van der Waals surface area contributed by atoms with Crippen molar-refractivity contribution in [1.29, 1.82) is 0 Å². The Morgan fingerprint density at radius 1 is 1.07 bits per heavy atom. The Balaban J connectivity index is 1.61. The van der Waals surface area contributed by atoms with Crippen molar-refractivity contribution < 1.29 is 4.79 Å². The number of aromatic nitrogens is 3. The minimum Gasteiger partial charge on any atom is -0.341 e. The number of carbonyl (C=O) groups is 1. The molecule has 0 fully saturated rings. The summed E-state index contributed by atoms with van der Waals surface area (Å²) in [5, 5.41) is 6.71. The van der Waals surface area contributed by atoms with Crippen molar-refractivity contribution in [3.05, 3.63) is 89.7 Å². The van der Waals surface area contributed by atoms with E-state index in [2.05, 4.69) is 4.98 Å². The first-order chi connectivity index (χ1) is 13.7. The highest BCUT2D eigenvalue weighted by atomic mass is 32.1. The van der Waals surface area contributed by atoms with Gasteiger partial charge in [-0.05, 0) is 35.7 Å². The van der Waals surface area contributed by atoms with Crippen molar-refractivity contribution in [2.75, 3.05) is 13.6 Å². The molecular weight excluding hydrogens is 368 g/mol. The van der Waals surface area contributed by atoms with E-state index in [1.54, 1.807) is 27.1 Å². The molecule has 4 aromatic rings. The molecule has 0 spiro atoms. The lowest BCUT2D eigenvalue weighted by molar-refractivity contribution is 0.0797. The van der Waals surface area contributed by atoms with Crippen LogP contribution in [0.25, 0.3) is 16.3 Å². The van der Waals surface area contributed by atoms with Crippen LogP contribution in [0.5, 0.6) is 0 Å². The van der Waals surface area contributed by atoms with Crippen LogP contribution in [-0.4, -0.2) is 39.2 Å². The summed E-state index contributed by atoms with van der Waals surface area (Å²) in [5.74, 6) is -0.0403. The number of amides is 1. The number of carbonyl (C=O) groups excluding carboxylic acids is 1. The molecular formula is C22H20N4OS. The van der Waals surface area contributed by atoms with E-state index in [4.69, 9.17) is 5.10 Å². The Labute approximate surface area is 167 Å². The second kappa shape index (κ2) is 8.19. The minimum atomic E-state index is -0.0403. The Morgan fingerprint density at radius 2 is 1.89 bits per heavy atom. The highest BCUT2D eigenvalue weighted by Gasteiger charge is 2.22. The van der Waals surface area contributed by atoms with Crippen molar-refractivity contribution in [2.45, 2.75) is 6.42 Å². The molecule has 0 N–H and O–H groups in total. The number of pyridine rings is 1. The third-order valence-corrected chi connectivity index (χ3v) is 5.37. The number of benzene rings is 1. The molecule has 1 aromatic carbocycles. The average Bonchev–Trinajstić information content (AvgIpc) is 3.42. The van der Waals surface area contributed by atoms with Gasteiger partial charge in [0.2, 0.25) is 0 Å². The van der Waals surface area contributed by atoms with Crippen LogP contribution < -0.4 is 0 Å². The Bertz CT molecular complexity index is 1040. The van der Waals surface area contributed by atoms with Gasteiger partial charge in [0.05, 0.1) is 16.1 Å². The fourth-order valence-electron chi connectivity index (χ4n) is 2.97. The highest BCUT2D eigenvalue weighted by Crippen LogP contribution is 2.28. The lowest BCUT2D eigenvalue weighted by atomic mass is 10.2. The zero-order valence-corrected chi connectivity index (χ0v) is 16.3. The van der Waals surface area contributed by atoms with E-state index in [0.717, 1.165) is 16.3 Å². The van der Waals surface area contributed by atoms with Crippen LogP contribution in [-0.2, 0) is 6.42 Å². The monoisotopic (exact) mass is 388 g/mol. The second-order valence-corrected chi connectivity index (χ2v) is 7.39. The largest absolute Gasteiger partial charge is 0.341 e. The summed E-state index contributed by atoms with van der Waals surface area (Å²) in [6.07, 6.45) is 4.31. The van der Waals surface area contributed by atoms with Gasteiger partial charge in [0.15, 0.2) is 0 Å². The molecule has 3 aromatic heterocycles. The molecule has 0 saturated carbocycles. The topological polar surface area (TPSA) is 51.0 Å². The molecule has 0 bridgehead atoms. The maximum atomic E-state index is 13.2. The van der Waals surface area contributed by atoms with Crippen LogP contribution in [0.15, 0.2) is 78.4 Å². The van der Waals surface area contributed by atoms with Crippen LogP contribution in [0.4, 0.5) is 0 Å². The predicted molar refractivity (Wildman–Crippen MR) is 112 cm³/mol. The fraction of sp³-hybridized carbons (Fsp3) is 0.136. The lowest BCUT2D eigenvalue weighted by Crippen LogP contribution is -2.29. The Kier molecular flexibility index (Phi) is 5.30. The maximum absolute atomic E-state index is 13.2. The maximum Gasteiger partial charge on any atom is 0.257 e. The fourth-order valence-corrected chi connectivity index (χ4v) is 3.70. The molecule has 0 aliphatic carbocycles. The van der Waals surface area contributed by atoms with Crippen molar-refractivity contribution in [3.8, 4) is 16.3 Å². The number of nitrogens with zero attached hydrogens (tertiary/aromatic N) is 4. The van der Waals surface area contributed by atoms with Gasteiger partial charge in [-0.25, -0.2) is 4.68 Å². The third-order valence-electron chi connectivity index (χ3n) is 4.50. The molecule has 4 rings (SSSR count). The number of hydrogen-bond acceptors (Lipinski definition) is 4. The lowest BCUT2D eigenvalue weighted by Gasteiger charge is -2.16. The van der Waals surface area contributed by atoms with Gasteiger partial charge in [0.25, 0.3) is 5.91 Å². The van der Waals surface area contributed by atoms with Crippen LogP contribution in [0.2, 0.25) is 0 Å². The van der Waals surface area contributed by atoms with E-state index in [1.807, 2.05) is 79.3 Å². The molecule has 140 valence electrons. The van der Waals surface area contributed by atoms with Crippen LogP contribution in [0.3, 0.4) is 0 Å². The summed E-state index contributed by atoms with van der Waals surface area (Å²) in [6.45, 7) is 0.593. The molecule has 1 amide bonds. The smallest absolute Gasteiger partial charge is 0.257 e. The van der Waals surface area contributed by atoms with Crippen LogP contribution >= 0.6 is 11.3 Å². The van der Waals surface area contributed by atoms with Crippen molar-refractivity contribution in [3.63, 3.8) is 0 Å². The highest BCUT2D eigenvalue weighted by molar-refractivity contribution is 7.13. The van der Waals surface area contributed by atoms with Gasteiger partial charge in [-0.15, -0.1) is 11.3 Å². The first-order valence-electron chi connectivity index (χ1n) is 9.07. The Morgan fingerprint density at radius 3 is 2.61 bits per heavy atom. The van der Waals surface area contributed by atoms with Gasteiger partial charge < -0.3 is 4.90 Å². The second-order valence-electron chi connectivity index (χ2n) is 6.45. The quantitative estimate of drug-likeness (QED) is 0.495. The summed E-state index contributed by atoms with van der Waals surface area (Å²) in [4.78, 5) is 20.2. The van der Waals surface area contributed by atoms with E-state index in [-0.39, 0.29) is 5.91 Å². The van der Waals surface area contributed by atoms with E-state index < -0.39 is 0 Å². The molecule has 0 aliphatic rings. The zero-order chi connectivity index (χ0) is 19.3. The summed E-state index contributed by atoms with van der Waals surface area (Å²) < 4.78 is 1.77. The first kappa shape index (κ1) is 18.1. The van der Waals surface area contributed by atoms with Gasteiger partial charge >= 0.3 is 0 Å². The van der Waals surface area contributed by atoms with Gasteiger partial charge in [-0.1, -0.05) is 30.3 Å². The summed E-state index contributed by atoms with van der Waals surface area (Å²) in [7, 11) is 1.82. The summed E-state index contributed by atoms with van der Waals surface area (Å²) in [6, 6.07) is 19.6. The van der Waals surface area contributed by atoms with E-state index in [9.17, 15) is 4.79 Å². The number of para-hydroxylation sites is 1. The number of likely N-dealkylation sites (N-methyl/N-ethyl adjacent to an activating group) is 1. The standard InChI is InChI=1S/C22H20N4OS/c1-25(14-12-17-8-5-6-13-23-17)22(27)19-16-26(18-9-3-2-4-10-18)24-21(19)20-11-7-15-28-20/h2-11,13,15-16H,12,14H2,1H3. The molecule has 0 saturated heterocycles. The molecule has 0 atom stereocenters. The van der Waals surface area contributed by atoms with E-state index in [1.165, 1.54) is 0 Å². The Hall–Kier alpha value is -3.25. The number of thiophene rings is 1. The van der Waals surface area contributed by atoms with E-state index >= 15 is 0 Å². The molecule has 6 heteroatoms. The molecule has 0 radical (unpaired) electrons. The van der Waals surface area contributed by atoms with Gasteiger partial charge in [-0.3, -0.25) is 9.78 Å². The molecule has 0 aliphatic heterocycles. The minimum absolute atomic E-state index is 0.0403. The van der Waals surface area contributed by atoms with Gasteiger partial charge in [0, 0.05) is 38.1 Å². The van der Waals surface area contributed by atoms with Crippen molar-refractivity contribution >= 4 is 17.2 Å². The van der Waals surface area contributed by atoms with Gasteiger partial charge in [-0.2, -0.15) is 5.10 Å². The van der Waals surface area contributed by atoms with Crippen molar-refractivity contribution in [2.24, 2.45) is 0 Å². The van der Waals surface area contributed by atoms with E-state index in [0.29, 0.717) is 24.2 Å². The van der Waals surface area contributed by atoms with Gasteiger partial charge in [0.1, 0.15) is 5.69 Å². The third kappa shape index (κ3) is 3.87. The molecule has 5 nitrogen and oxygen atoms in total. The number of hydrogen-bond donors (Lipinski definition) is 0. The normalized spacial score (nSPS) is 10.8. The SMILES string of the molecule is CN(CCc1ccccn1)C(=O)c1cn(-c2ccccc2)nc1-c1cccs1. The molecule has 0 unspecified atom stereocenters. The molecule has 3 heterocycles. The number of rotatable bonds is 6. The van der Waals surface area contributed by atoms with Crippen LogP contribution in [0, 0.1) is 0 Å². The predicted octanol–water partition coefficient (Wildman–Crippen LogP) is 4.31. The van der Waals surface area contributed by atoms with Crippen LogP contribution in [0.1, 0.15) is 16.1 Å². The summed E-state index contributed by atoms with van der Waals surface area (Å²) >= 11 is 1.58. The average molecular weight is 388 g/mol. The van der Waals surface area contributed by atoms with Crippen molar-refractivity contribution in [1.82, 2.24) is 19.7 Å². The first-order valence-corrected chi connectivity index (χ1v) is 9.94.